The normalized spacial score (nSPS) is 21.3. The van der Waals surface area contributed by atoms with Crippen LogP contribution in [-0.4, -0.2) is 50.4 Å². The van der Waals surface area contributed by atoms with Crippen molar-refractivity contribution in [3.8, 4) is 5.75 Å². The molecule has 0 saturated carbocycles. The van der Waals surface area contributed by atoms with E-state index in [1.807, 2.05) is 6.92 Å². The molecule has 0 aromatic heterocycles. The fourth-order valence-electron chi connectivity index (χ4n) is 3.69. The van der Waals surface area contributed by atoms with Crippen molar-refractivity contribution in [1.29, 1.82) is 0 Å². The first-order chi connectivity index (χ1) is 15.0. The zero-order chi connectivity index (χ0) is 24.2. The quantitative estimate of drug-likeness (QED) is 0.341. The van der Waals surface area contributed by atoms with Gasteiger partial charge in [-0.05, 0) is 57.5 Å². The minimum Gasteiger partial charge on any atom is -0.507 e. The van der Waals surface area contributed by atoms with Crippen LogP contribution in [0.2, 0.25) is 5.02 Å². The summed E-state index contributed by atoms with van der Waals surface area (Å²) in [5, 5.41) is 10.4. The predicted octanol–water partition coefficient (Wildman–Crippen LogP) is 4.59. The van der Waals surface area contributed by atoms with Crippen LogP contribution in [0.3, 0.4) is 0 Å². The highest BCUT2D eigenvalue weighted by Crippen LogP contribution is 2.46. The van der Waals surface area contributed by atoms with Crippen molar-refractivity contribution in [3.05, 3.63) is 63.6 Å². The van der Waals surface area contributed by atoms with Gasteiger partial charge >= 0.3 is 5.97 Å². The number of phenolic OH excluding ortho intramolecular Hbond substituents is 1. The molecule has 1 aromatic rings. The van der Waals surface area contributed by atoms with Gasteiger partial charge in [-0.15, -0.1) is 0 Å². The van der Waals surface area contributed by atoms with E-state index in [2.05, 4.69) is 0 Å². The molecule has 1 aromatic carbocycles. The Morgan fingerprint density at radius 1 is 1.19 bits per heavy atom. The molecular formula is C24H29ClO7. The summed E-state index contributed by atoms with van der Waals surface area (Å²) in [6.45, 7) is 7.11. The Bertz CT molecular complexity index is 990. The first-order valence-corrected chi connectivity index (χ1v) is 10.4. The van der Waals surface area contributed by atoms with Crippen molar-refractivity contribution in [2.75, 3.05) is 21.3 Å². The third kappa shape index (κ3) is 4.84. The molecule has 1 aliphatic rings. The number of hydrogen-bond acceptors (Lipinski definition) is 7. The van der Waals surface area contributed by atoms with E-state index in [0.717, 1.165) is 0 Å². The number of rotatable bonds is 8. The standard InChI is InChI=1S/C24H29ClO7/c1-13(2)32-23(28)19-20(29-5)14(3)24(4,22(31-7)21(19)30-6)11-10-17(26)16-9-8-15(25)12-18(16)27/h8-13,22,27H,1-7H3. The highest BCUT2D eigenvalue weighted by molar-refractivity contribution is 6.31. The van der Waals surface area contributed by atoms with E-state index in [4.69, 9.17) is 30.5 Å². The minimum absolute atomic E-state index is 0.108. The number of phenols is 1. The molecule has 0 bridgehead atoms. The molecule has 0 amide bonds. The van der Waals surface area contributed by atoms with Gasteiger partial charge in [-0.1, -0.05) is 17.7 Å². The molecule has 2 atom stereocenters. The largest absolute Gasteiger partial charge is 0.507 e. The second-order valence-corrected chi connectivity index (χ2v) is 8.25. The Morgan fingerprint density at radius 2 is 1.84 bits per heavy atom. The number of carbonyl (C=O) groups excluding carboxylic acids is 2. The molecule has 1 aliphatic carbocycles. The fraction of sp³-hybridized carbons (Fsp3) is 0.417. The summed E-state index contributed by atoms with van der Waals surface area (Å²) >= 11 is 5.85. The lowest BCUT2D eigenvalue weighted by Crippen LogP contribution is -2.42. The van der Waals surface area contributed by atoms with E-state index in [1.165, 1.54) is 45.6 Å². The van der Waals surface area contributed by atoms with Gasteiger partial charge in [-0.2, -0.15) is 0 Å². The maximum absolute atomic E-state index is 12.8. The summed E-state index contributed by atoms with van der Waals surface area (Å²) in [4.78, 5) is 25.6. The van der Waals surface area contributed by atoms with Crippen molar-refractivity contribution in [2.45, 2.75) is 39.9 Å². The summed E-state index contributed by atoms with van der Waals surface area (Å²) in [7, 11) is 4.36. The predicted molar refractivity (Wildman–Crippen MR) is 120 cm³/mol. The van der Waals surface area contributed by atoms with Crippen LogP contribution < -0.4 is 0 Å². The van der Waals surface area contributed by atoms with E-state index >= 15 is 0 Å². The molecule has 32 heavy (non-hydrogen) atoms. The van der Waals surface area contributed by atoms with Gasteiger partial charge in [-0.25, -0.2) is 4.79 Å². The van der Waals surface area contributed by atoms with Gasteiger partial charge in [-0.3, -0.25) is 4.79 Å². The Labute approximate surface area is 193 Å². The third-order valence-electron chi connectivity index (χ3n) is 5.42. The molecule has 2 unspecified atom stereocenters. The number of esters is 1. The fourth-order valence-corrected chi connectivity index (χ4v) is 3.86. The lowest BCUT2D eigenvalue weighted by Gasteiger charge is -2.41. The summed E-state index contributed by atoms with van der Waals surface area (Å²) in [5.41, 5.74) is -0.0187. The molecule has 7 nitrogen and oxygen atoms in total. The molecule has 0 radical (unpaired) electrons. The summed E-state index contributed by atoms with van der Waals surface area (Å²) in [5.74, 6) is -0.715. The van der Waals surface area contributed by atoms with Crippen LogP contribution in [-0.2, 0) is 23.7 Å². The second kappa shape index (κ2) is 10.2. The first-order valence-electron chi connectivity index (χ1n) is 10.0. The van der Waals surface area contributed by atoms with Gasteiger partial charge in [0, 0.05) is 17.5 Å². The van der Waals surface area contributed by atoms with E-state index in [-0.39, 0.29) is 34.5 Å². The van der Waals surface area contributed by atoms with E-state index in [1.54, 1.807) is 26.8 Å². The molecule has 8 heteroatoms. The average Bonchev–Trinajstić information content (AvgIpc) is 2.72. The number of ketones is 1. The van der Waals surface area contributed by atoms with Crippen LogP contribution in [0.25, 0.3) is 0 Å². The summed E-state index contributed by atoms with van der Waals surface area (Å²) in [6.07, 6.45) is 1.90. The first kappa shape index (κ1) is 25.5. The Balaban J connectivity index is 2.58. The lowest BCUT2D eigenvalue weighted by atomic mass is 9.71. The van der Waals surface area contributed by atoms with Gasteiger partial charge in [0.15, 0.2) is 5.78 Å². The molecule has 0 saturated heterocycles. The number of carbonyl (C=O) groups is 2. The molecule has 174 valence electrons. The van der Waals surface area contributed by atoms with E-state index < -0.39 is 23.3 Å². The Kier molecular flexibility index (Phi) is 8.15. The van der Waals surface area contributed by atoms with Crippen molar-refractivity contribution in [3.63, 3.8) is 0 Å². The molecule has 1 N–H and O–H groups in total. The van der Waals surface area contributed by atoms with Gasteiger partial charge in [0.1, 0.15) is 28.9 Å². The number of allylic oxidation sites excluding steroid dienone is 1. The second-order valence-electron chi connectivity index (χ2n) is 7.81. The van der Waals surface area contributed by atoms with Crippen LogP contribution in [0.15, 0.2) is 53.0 Å². The lowest BCUT2D eigenvalue weighted by molar-refractivity contribution is -0.143. The molecular weight excluding hydrogens is 436 g/mol. The Hall–Kier alpha value is -2.77. The van der Waals surface area contributed by atoms with E-state index in [0.29, 0.717) is 10.6 Å². The van der Waals surface area contributed by atoms with Gasteiger partial charge < -0.3 is 24.1 Å². The van der Waals surface area contributed by atoms with E-state index in [9.17, 15) is 14.7 Å². The number of hydrogen-bond donors (Lipinski definition) is 1. The van der Waals surface area contributed by atoms with Gasteiger partial charge in [0.2, 0.25) is 0 Å². The Morgan fingerprint density at radius 3 is 2.34 bits per heavy atom. The summed E-state index contributed by atoms with van der Waals surface area (Å²) < 4.78 is 22.3. The molecule has 0 fully saturated rings. The highest BCUT2D eigenvalue weighted by atomic mass is 35.5. The number of benzene rings is 1. The average molecular weight is 465 g/mol. The van der Waals surface area contributed by atoms with Crippen LogP contribution in [0, 0.1) is 5.41 Å². The maximum atomic E-state index is 12.8. The van der Waals surface area contributed by atoms with Crippen molar-refractivity contribution in [2.24, 2.45) is 5.41 Å². The number of halogens is 1. The molecule has 2 rings (SSSR count). The minimum atomic E-state index is -0.912. The van der Waals surface area contributed by atoms with Crippen molar-refractivity contribution >= 4 is 23.4 Å². The summed E-state index contributed by atoms with van der Waals surface area (Å²) in [6, 6.07) is 4.27. The van der Waals surface area contributed by atoms with Crippen molar-refractivity contribution < 1.29 is 33.6 Å². The van der Waals surface area contributed by atoms with Crippen LogP contribution in [0.5, 0.6) is 5.75 Å². The zero-order valence-electron chi connectivity index (χ0n) is 19.3. The van der Waals surface area contributed by atoms with Crippen molar-refractivity contribution in [1.82, 2.24) is 0 Å². The highest BCUT2D eigenvalue weighted by Gasteiger charge is 2.47. The topological polar surface area (TPSA) is 91.3 Å². The SMILES string of the molecule is COC1=C(C)C(C)(C=CC(=O)c2ccc(Cl)cc2O)C(OC)C(OC)=C1C(=O)OC(C)C. The van der Waals surface area contributed by atoms with Crippen LogP contribution in [0.4, 0.5) is 0 Å². The maximum Gasteiger partial charge on any atom is 0.345 e. The number of methoxy groups -OCH3 is 3. The molecule has 0 heterocycles. The molecule has 0 spiro atoms. The third-order valence-corrected chi connectivity index (χ3v) is 5.65. The number of ether oxygens (including phenoxy) is 4. The molecule has 0 aliphatic heterocycles. The smallest absolute Gasteiger partial charge is 0.345 e. The van der Waals surface area contributed by atoms with Gasteiger partial charge in [0.05, 0.1) is 25.9 Å². The monoisotopic (exact) mass is 464 g/mol. The zero-order valence-corrected chi connectivity index (χ0v) is 20.1. The van der Waals surface area contributed by atoms with Crippen LogP contribution in [0.1, 0.15) is 38.1 Å². The number of aromatic hydroxyl groups is 1. The van der Waals surface area contributed by atoms with Crippen LogP contribution >= 0.6 is 11.6 Å². The van der Waals surface area contributed by atoms with Gasteiger partial charge in [0.25, 0.3) is 0 Å².